The summed E-state index contributed by atoms with van der Waals surface area (Å²) >= 11 is 0. The molecule has 3 heterocycles. The van der Waals surface area contributed by atoms with Gasteiger partial charge in [0.25, 0.3) is 0 Å². The molecule has 1 aromatic carbocycles. The Morgan fingerprint density at radius 2 is 2.00 bits per heavy atom. The second-order valence-electron chi connectivity index (χ2n) is 8.24. The molecule has 0 radical (unpaired) electrons. The van der Waals surface area contributed by atoms with Crippen LogP contribution in [0.2, 0.25) is 0 Å². The molecule has 0 amide bonds. The average Bonchev–Trinajstić information content (AvgIpc) is 3.18. The number of nitrogen functional groups attached to an aromatic ring is 1. The monoisotopic (exact) mass is 409 g/mol. The van der Waals surface area contributed by atoms with Crippen molar-refractivity contribution in [3.8, 4) is 0 Å². The summed E-state index contributed by atoms with van der Waals surface area (Å²) in [6.45, 7) is 5.96. The van der Waals surface area contributed by atoms with Crippen LogP contribution in [0.25, 0.3) is 11.2 Å². The van der Waals surface area contributed by atoms with Gasteiger partial charge < -0.3 is 25.6 Å². The molecule has 30 heavy (non-hydrogen) atoms. The third kappa shape index (κ3) is 4.18. The van der Waals surface area contributed by atoms with Crippen molar-refractivity contribution in [2.75, 3.05) is 29.1 Å². The van der Waals surface area contributed by atoms with E-state index in [9.17, 15) is 5.11 Å². The lowest BCUT2D eigenvalue weighted by atomic mass is 10.0. The molecule has 160 valence electrons. The van der Waals surface area contributed by atoms with Gasteiger partial charge in [-0.1, -0.05) is 12.1 Å². The van der Waals surface area contributed by atoms with E-state index in [0.29, 0.717) is 12.5 Å². The van der Waals surface area contributed by atoms with Crippen molar-refractivity contribution in [1.29, 1.82) is 0 Å². The Bertz CT molecular complexity index is 981. The molecule has 3 aromatic rings. The highest BCUT2D eigenvalue weighted by molar-refractivity contribution is 5.84. The standard InChI is InChI=1S/C22H31N7O/c1-15(2)29-14-25-19-20(24-13-16-6-8-17(23)9-7-16)26-22(27-21(19)29)28-11-4-3-5-18(28)10-12-30/h6-9,14-15,18,30H,3-5,10-13,23H2,1-2H3,(H,24,26,27). The van der Waals surface area contributed by atoms with Crippen LogP contribution in [0.4, 0.5) is 17.5 Å². The van der Waals surface area contributed by atoms with Crippen LogP contribution in [-0.2, 0) is 6.54 Å². The number of aliphatic hydroxyl groups excluding tert-OH is 1. The lowest BCUT2D eigenvalue weighted by Crippen LogP contribution is -2.41. The SMILES string of the molecule is CC(C)n1cnc2c(NCc3ccc(N)cc3)nc(N3CCCCC3CCO)nc21. The number of benzene rings is 1. The molecule has 0 bridgehead atoms. The van der Waals surface area contributed by atoms with Crippen molar-refractivity contribution < 1.29 is 5.11 Å². The van der Waals surface area contributed by atoms with Gasteiger partial charge in [-0.2, -0.15) is 9.97 Å². The lowest BCUT2D eigenvalue weighted by molar-refractivity contribution is 0.262. The van der Waals surface area contributed by atoms with Crippen LogP contribution in [0.5, 0.6) is 0 Å². The minimum absolute atomic E-state index is 0.176. The van der Waals surface area contributed by atoms with Crippen molar-refractivity contribution in [3.05, 3.63) is 36.2 Å². The molecule has 1 aliphatic heterocycles. The quantitative estimate of drug-likeness (QED) is 0.514. The lowest BCUT2D eigenvalue weighted by Gasteiger charge is -2.35. The second kappa shape index (κ2) is 8.87. The van der Waals surface area contributed by atoms with E-state index < -0.39 is 0 Å². The summed E-state index contributed by atoms with van der Waals surface area (Å²) in [4.78, 5) is 16.7. The molecule has 8 nitrogen and oxygen atoms in total. The molecule has 2 aromatic heterocycles. The molecule has 1 saturated heterocycles. The van der Waals surface area contributed by atoms with E-state index in [-0.39, 0.29) is 18.7 Å². The third-order valence-corrected chi connectivity index (χ3v) is 5.75. The van der Waals surface area contributed by atoms with Crippen LogP contribution in [0.3, 0.4) is 0 Å². The Hall–Kier alpha value is -2.87. The largest absolute Gasteiger partial charge is 0.399 e. The van der Waals surface area contributed by atoms with Gasteiger partial charge in [-0.15, -0.1) is 0 Å². The summed E-state index contributed by atoms with van der Waals surface area (Å²) in [6.07, 6.45) is 5.92. The molecule has 0 spiro atoms. The van der Waals surface area contributed by atoms with Crippen molar-refractivity contribution in [2.45, 2.75) is 58.2 Å². The molecule has 4 rings (SSSR count). The molecule has 0 saturated carbocycles. The van der Waals surface area contributed by atoms with Gasteiger partial charge in [0.05, 0.1) is 6.33 Å². The van der Waals surface area contributed by atoms with Gasteiger partial charge in [-0.25, -0.2) is 4.98 Å². The Balaban J connectivity index is 1.71. The van der Waals surface area contributed by atoms with E-state index in [1.54, 1.807) is 0 Å². The first kappa shape index (κ1) is 20.4. The van der Waals surface area contributed by atoms with Crippen LogP contribution >= 0.6 is 0 Å². The van der Waals surface area contributed by atoms with Crippen LogP contribution in [0.15, 0.2) is 30.6 Å². The van der Waals surface area contributed by atoms with Gasteiger partial charge in [0, 0.05) is 37.5 Å². The number of piperidine rings is 1. The number of nitrogens with zero attached hydrogens (tertiary/aromatic N) is 5. The molecule has 0 aliphatic carbocycles. The summed E-state index contributed by atoms with van der Waals surface area (Å²) in [5.74, 6) is 1.45. The maximum atomic E-state index is 9.52. The van der Waals surface area contributed by atoms with Crippen LogP contribution in [0, 0.1) is 0 Å². The number of hydrogen-bond donors (Lipinski definition) is 3. The second-order valence-corrected chi connectivity index (χ2v) is 8.24. The van der Waals surface area contributed by atoms with E-state index in [0.717, 1.165) is 54.0 Å². The fourth-order valence-electron chi connectivity index (χ4n) is 4.07. The Labute approximate surface area is 177 Å². The van der Waals surface area contributed by atoms with Crippen molar-refractivity contribution in [2.24, 2.45) is 0 Å². The average molecular weight is 410 g/mol. The summed E-state index contributed by atoms with van der Waals surface area (Å²) in [5, 5.41) is 13.0. The first-order chi connectivity index (χ1) is 14.6. The van der Waals surface area contributed by atoms with Crippen molar-refractivity contribution in [3.63, 3.8) is 0 Å². The highest BCUT2D eigenvalue weighted by Crippen LogP contribution is 2.29. The van der Waals surface area contributed by atoms with Gasteiger partial charge >= 0.3 is 0 Å². The predicted octanol–water partition coefficient (Wildman–Crippen LogP) is 3.34. The van der Waals surface area contributed by atoms with Crippen LogP contribution < -0.4 is 16.0 Å². The number of rotatable bonds is 7. The molecular weight excluding hydrogens is 378 g/mol. The Kier molecular flexibility index (Phi) is 6.03. The number of nitrogens with one attached hydrogen (secondary N) is 1. The maximum absolute atomic E-state index is 9.52. The number of imidazole rings is 1. The van der Waals surface area contributed by atoms with Crippen molar-refractivity contribution in [1.82, 2.24) is 19.5 Å². The third-order valence-electron chi connectivity index (χ3n) is 5.75. The summed E-state index contributed by atoms with van der Waals surface area (Å²) in [5.41, 5.74) is 9.29. The topological polar surface area (TPSA) is 105 Å². The number of nitrogens with two attached hydrogens (primary N) is 1. The highest BCUT2D eigenvalue weighted by Gasteiger charge is 2.26. The smallest absolute Gasteiger partial charge is 0.229 e. The van der Waals surface area contributed by atoms with Gasteiger partial charge in [0.1, 0.15) is 0 Å². The number of fused-ring (bicyclic) bond motifs is 1. The van der Waals surface area contributed by atoms with Crippen molar-refractivity contribution >= 4 is 28.6 Å². The summed E-state index contributed by atoms with van der Waals surface area (Å²) < 4.78 is 2.08. The van der Waals surface area contributed by atoms with Gasteiger partial charge in [0.15, 0.2) is 17.0 Å². The van der Waals surface area contributed by atoms with Gasteiger partial charge in [0.2, 0.25) is 5.95 Å². The van der Waals surface area contributed by atoms with E-state index in [1.807, 2.05) is 30.6 Å². The summed E-state index contributed by atoms with van der Waals surface area (Å²) in [7, 11) is 0. The molecule has 1 fully saturated rings. The molecule has 4 N–H and O–H groups in total. The predicted molar refractivity (Wildman–Crippen MR) is 121 cm³/mol. The zero-order chi connectivity index (χ0) is 21.1. The molecule has 1 aliphatic rings. The van der Waals surface area contributed by atoms with Crippen LogP contribution in [0.1, 0.15) is 51.1 Å². The maximum Gasteiger partial charge on any atom is 0.229 e. The Morgan fingerprint density at radius 1 is 1.20 bits per heavy atom. The molecule has 8 heteroatoms. The van der Waals surface area contributed by atoms with E-state index in [1.165, 1.54) is 6.42 Å². The zero-order valence-corrected chi connectivity index (χ0v) is 17.8. The van der Waals surface area contributed by atoms with Gasteiger partial charge in [-0.05, 0) is 57.2 Å². The number of hydrogen-bond acceptors (Lipinski definition) is 7. The summed E-state index contributed by atoms with van der Waals surface area (Å²) in [6, 6.07) is 8.34. The highest BCUT2D eigenvalue weighted by atomic mass is 16.3. The number of aromatic nitrogens is 4. The minimum atomic E-state index is 0.176. The van der Waals surface area contributed by atoms with Crippen LogP contribution in [-0.4, -0.2) is 43.8 Å². The molecular formula is C22H31N7O. The van der Waals surface area contributed by atoms with Gasteiger partial charge in [-0.3, -0.25) is 0 Å². The number of aliphatic hydroxyl groups is 1. The Morgan fingerprint density at radius 3 is 2.73 bits per heavy atom. The zero-order valence-electron chi connectivity index (χ0n) is 17.8. The van der Waals surface area contributed by atoms with E-state index in [2.05, 4.69) is 33.6 Å². The van der Waals surface area contributed by atoms with E-state index in [4.69, 9.17) is 15.7 Å². The molecule has 1 unspecified atom stereocenters. The first-order valence-corrected chi connectivity index (χ1v) is 10.8. The fourth-order valence-corrected chi connectivity index (χ4v) is 4.07. The van der Waals surface area contributed by atoms with E-state index >= 15 is 0 Å². The fraction of sp³-hybridized carbons (Fsp3) is 0.500. The number of anilines is 3. The first-order valence-electron chi connectivity index (χ1n) is 10.8. The minimum Gasteiger partial charge on any atom is -0.399 e. The molecule has 1 atom stereocenters. The normalized spacial score (nSPS) is 17.1.